The molecule has 1 unspecified atom stereocenters. The molecule has 16 heavy (non-hydrogen) atoms. The van der Waals surface area contributed by atoms with Crippen molar-refractivity contribution in [1.29, 1.82) is 0 Å². The molecule has 0 radical (unpaired) electrons. The molecular weight excluding hydrogens is 274 g/mol. The van der Waals surface area contributed by atoms with Gasteiger partial charge in [0.2, 0.25) is 0 Å². The molecule has 0 spiro atoms. The monoisotopic (exact) mass is 285 g/mol. The van der Waals surface area contributed by atoms with Crippen molar-refractivity contribution in [3.05, 3.63) is 27.8 Å². The van der Waals surface area contributed by atoms with Gasteiger partial charge in [0, 0.05) is 25.4 Å². The maximum Gasteiger partial charge on any atom is 0.154 e. The third kappa shape index (κ3) is 1.65. The second-order valence-electron chi connectivity index (χ2n) is 3.60. The maximum absolute atomic E-state index is 10.3. The molecular formula is C9H12BrN5O. The van der Waals surface area contributed by atoms with Gasteiger partial charge >= 0.3 is 0 Å². The van der Waals surface area contributed by atoms with Crippen LogP contribution in [0.3, 0.4) is 0 Å². The van der Waals surface area contributed by atoms with Gasteiger partial charge in [-0.1, -0.05) is 5.21 Å². The van der Waals surface area contributed by atoms with Crippen molar-refractivity contribution in [2.75, 3.05) is 0 Å². The zero-order valence-electron chi connectivity index (χ0n) is 9.22. The molecule has 0 aliphatic heterocycles. The van der Waals surface area contributed by atoms with E-state index >= 15 is 0 Å². The van der Waals surface area contributed by atoms with E-state index in [1.54, 1.807) is 22.6 Å². The van der Waals surface area contributed by atoms with Gasteiger partial charge in [0.05, 0.1) is 6.20 Å². The highest BCUT2D eigenvalue weighted by atomic mass is 79.9. The van der Waals surface area contributed by atoms with Crippen LogP contribution in [-0.4, -0.2) is 29.9 Å². The molecule has 0 aliphatic carbocycles. The molecule has 0 fully saturated rings. The van der Waals surface area contributed by atoms with Crippen molar-refractivity contribution in [1.82, 2.24) is 24.8 Å². The Kier molecular flexibility index (Phi) is 2.81. The van der Waals surface area contributed by atoms with Crippen molar-refractivity contribution in [2.24, 2.45) is 14.1 Å². The highest BCUT2D eigenvalue weighted by Gasteiger charge is 2.22. The molecule has 2 rings (SSSR count). The van der Waals surface area contributed by atoms with Crippen molar-refractivity contribution in [3.63, 3.8) is 0 Å². The smallest absolute Gasteiger partial charge is 0.154 e. The Labute approximate surface area is 101 Å². The summed E-state index contributed by atoms with van der Waals surface area (Å²) in [7, 11) is 3.57. The number of aryl methyl sites for hydroxylation is 2. The van der Waals surface area contributed by atoms with Gasteiger partial charge in [-0.25, -0.2) is 4.68 Å². The number of aliphatic hydroxyl groups is 1. The van der Waals surface area contributed by atoms with Crippen molar-refractivity contribution in [3.8, 4) is 0 Å². The maximum atomic E-state index is 10.3. The quantitative estimate of drug-likeness (QED) is 0.882. The molecule has 2 aromatic heterocycles. The fraction of sp³-hybridized carbons (Fsp3) is 0.444. The lowest BCUT2D eigenvalue weighted by atomic mass is 10.1. The first-order valence-corrected chi connectivity index (χ1v) is 5.53. The molecule has 86 valence electrons. The molecule has 7 heteroatoms. The number of halogens is 1. The summed E-state index contributed by atoms with van der Waals surface area (Å²) < 4.78 is 3.81. The van der Waals surface area contributed by atoms with Crippen LogP contribution in [0.4, 0.5) is 0 Å². The van der Waals surface area contributed by atoms with E-state index < -0.39 is 6.10 Å². The molecule has 2 heterocycles. The second kappa shape index (κ2) is 3.99. The minimum Gasteiger partial charge on any atom is -0.382 e. The van der Waals surface area contributed by atoms with Crippen LogP contribution in [0, 0.1) is 6.92 Å². The molecule has 6 nitrogen and oxygen atoms in total. The molecule has 0 saturated heterocycles. The van der Waals surface area contributed by atoms with Gasteiger partial charge < -0.3 is 5.11 Å². The summed E-state index contributed by atoms with van der Waals surface area (Å²) in [6, 6.07) is 0. The van der Waals surface area contributed by atoms with Crippen LogP contribution in [0.25, 0.3) is 0 Å². The van der Waals surface area contributed by atoms with E-state index in [0.717, 1.165) is 11.3 Å². The van der Waals surface area contributed by atoms with Crippen molar-refractivity contribution >= 4 is 15.9 Å². The average Bonchev–Trinajstić information content (AvgIpc) is 2.73. The van der Waals surface area contributed by atoms with E-state index in [9.17, 15) is 5.11 Å². The van der Waals surface area contributed by atoms with Gasteiger partial charge in [0.1, 0.15) is 11.8 Å². The zero-order valence-corrected chi connectivity index (χ0v) is 10.8. The number of rotatable bonds is 2. The third-order valence-electron chi connectivity index (χ3n) is 2.65. The van der Waals surface area contributed by atoms with Gasteiger partial charge in [-0.05, 0) is 22.9 Å². The predicted molar refractivity (Wildman–Crippen MR) is 60.7 cm³/mol. The Morgan fingerprint density at radius 1 is 1.38 bits per heavy atom. The van der Waals surface area contributed by atoms with E-state index in [0.29, 0.717) is 10.3 Å². The van der Waals surface area contributed by atoms with E-state index in [-0.39, 0.29) is 0 Å². The van der Waals surface area contributed by atoms with Crippen LogP contribution in [0.5, 0.6) is 0 Å². The Hall–Kier alpha value is -1.21. The lowest BCUT2D eigenvalue weighted by Crippen LogP contribution is -2.08. The number of aromatic nitrogens is 5. The van der Waals surface area contributed by atoms with E-state index in [1.807, 2.05) is 14.0 Å². The molecule has 0 bridgehead atoms. The predicted octanol–water partition coefficient (Wildman–Crippen LogP) is 0.701. The lowest BCUT2D eigenvalue weighted by molar-refractivity contribution is 0.208. The first kappa shape index (κ1) is 11.3. The summed E-state index contributed by atoms with van der Waals surface area (Å²) in [5, 5.41) is 22.0. The van der Waals surface area contributed by atoms with Gasteiger partial charge in [-0.3, -0.25) is 4.68 Å². The van der Waals surface area contributed by atoms with Crippen molar-refractivity contribution < 1.29 is 5.11 Å². The first-order valence-electron chi connectivity index (χ1n) is 4.74. The van der Waals surface area contributed by atoms with Gasteiger partial charge in [0.25, 0.3) is 0 Å². The van der Waals surface area contributed by atoms with E-state index in [4.69, 9.17) is 0 Å². The fourth-order valence-electron chi connectivity index (χ4n) is 1.56. The number of hydrogen-bond donors (Lipinski definition) is 1. The summed E-state index contributed by atoms with van der Waals surface area (Å²) in [6.07, 6.45) is 0.877. The summed E-state index contributed by atoms with van der Waals surface area (Å²) in [6.45, 7) is 1.91. The molecule has 0 saturated carbocycles. The summed E-state index contributed by atoms with van der Waals surface area (Å²) in [5.41, 5.74) is 2.30. The Balaban J connectivity index is 2.47. The summed E-state index contributed by atoms with van der Waals surface area (Å²) in [4.78, 5) is 0. The molecule has 0 amide bonds. The zero-order chi connectivity index (χ0) is 11.9. The lowest BCUT2D eigenvalue weighted by Gasteiger charge is -2.10. The number of nitrogens with zero attached hydrogens (tertiary/aromatic N) is 5. The highest BCUT2D eigenvalue weighted by molar-refractivity contribution is 9.10. The summed E-state index contributed by atoms with van der Waals surface area (Å²) in [5.74, 6) is 0. The van der Waals surface area contributed by atoms with E-state index in [1.165, 1.54) is 0 Å². The average molecular weight is 286 g/mol. The van der Waals surface area contributed by atoms with Crippen LogP contribution in [-0.2, 0) is 14.1 Å². The number of hydrogen-bond acceptors (Lipinski definition) is 4. The van der Waals surface area contributed by atoms with Crippen LogP contribution in [0.1, 0.15) is 23.1 Å². The standard InChI is InChI=1S/C9H12BrN5O/c1-5-6(4-11-14(5)2)8(16)7-9(10)12-13-15(7)3/h4,8,16H,1-3H3. The number of aliphatic hydroxyl groups excluding tert-OH is 1. The Morgan fingerprint density at radius 2 is 2.06 bits per heavy atom. The highest BCUT2D eigenvalue weighted by Crippen LogP contribution is 2.27. The molecule has 2 aromatic rings. The second-order valence-corrected chi connectivity index (χ2v) is 4.35. The Bertz CT molecular complexity index is 498. The fourth-order valence-corrected chi connectivity index (χ4v) is 2.10. The topological polar surface area (TPSA) is 68.8 Å². The Morgan fingerprint density at radius 3 is 2.50 bits per heavy atom. The largest absolute Gasteiger partial charge is 0.382 e. The molecule has 0 aromatic carbocycles. The third-order valence-corrected chi connectivity index (χ3v) is 3.22. The normalized spacial score (nSPS) is 13.1. The van der Waals surface area contributed by atoms with Gasteiger partial charge in [-0.2, -0.15) is 5.10 Å². The van der Waals surface area contributed by atoms with Crippen LogP contribution in [0.15, 0.2) is 10.8 Å². The van der Waals surface area contributed by atoms with Crippen LogP contribution in [0.2, 0.25) is 0 Å². The molecule has 1 N–H and O–H groups in total. The molecule has 1 atom stereocenters. The van der Waals surface area contributed by atoms with Crippen LogP contribution < -0.4 is 0 Å². The van der Waals surface area contributed by atoms with Gasteiger partial charge in [0.15, 0.2) is 4.60 Å². The molecule has 0 aliphatic rings. The minimum absolute atomic E-state index is 0.547. The van der Waals surface area contributed by atoms with Crippen LogP contribution >= 0.6 is 15.9 Å². The SMILES string of the molecule is Cc1c(C(O)c2c(Br)nnn2C)cnn1C. The van der Waals surface area contributed by atoms with E-state index in [2.05, 4.69) is 31.3 Å². The first-order chi connectivity index (χ1) is 7.52. The summed E-state index contributed by atoms with van der Waals surface area (Å²) >= 11 is 3.26. The van der Waals surface area contributed by atoms with Gasteiger partial charge in [-0.15, -0.1) is 5.10 Å². The van der Waals surface area contributed by atoms with Crippen molar-refractivity contribution in [2.45, 2.75) is 13.0 Å². The minimum atomic E-state index is -0.775.